The van der Waals surface area contributed by atoms with E-state index in [1.807, 2.05) is 6.07 Å². The number of hydrogen-bond acceptors (Lipinski definition) is 3. The lowest BCUT2D eigenvalue weighted by Crippen LogP contribution is -2.03. The van der Waals surface area contributed by atoms with E-state index in [1.54, 1.807) is 18.4 Å². The third-order valence-electron chi connectivity index (χ3n) is 5.80. The van der Waals surface area contributed by atoms with E-state index < -0.39 is 11.6 Å². The Balaban J connectivity index is 1.34. The van der Waals surface area contributed by atoms with Gasteiger partial charge >= 0.3 is 0 Å². The predicted octanol–water partition coefficient (Wildman–Crippen LogP) is 7.69. The highest BCUT2D eigenvalue weighted by Crippen LogP contribution is 2.35. The highest BCUT2D eigenvalue weighted by molar-refractivity contribution is 7.17. The highest BCUT2D eigenvalue weighted by atomic mass is 32.1. The number of benzene rings is 3. The Morgan fingerprint density at radius 2 is 1.44 bits per heavy atom. The number of methoxy groups -OCH3 is 1. The summed E-state index contributed by atoms with van der Waals surface area (Å²) in [6.45, 7) is 0. The van der Waals surface area contributed by atoms with Crippen molar-refractivity contribution in [2.75, 3.05) is 7.11 Å². The molecule has 0 spiro atoms. The Labute approximate surface area is 189 Å². The van der Waals surface area contributed by atoms with Crippen molar-refractivity contribution >= 4 is 17.0 Å². The molecular formula is C27H21F2NOS. The molecule has 5 heteroatoms. The average Bonchev–Trinajstić information content (AvgIpc) is 3.50. The van der Waals surface area contributed by atoms with Gasteiger partial charge in [-0.25, -0.2) is 8.78 Å². The third kappa shape index (κ3) is 3.96. The lowest BCUT2D eigenvalue weighted by molar-refractivity contribution is 0.427. The fraction of sp³-hybridized carbons (Fsp3) is 0.148. The molecule has 0 saturated carbocycles. The normalized spacial score (nSPS) is 15.6. The topological polar surface area (TPSA) is 21.6 Å². The van der Waals surface area contributed by atoms with Gasteiger partial charge in [0.25, 0.3) is 0 Å². The maximum Gasteiger partial charge on any atom is 0.173 e. The van der Waals surface area contributed by atoms with Crippen LogP contribution in [0.3, 0.4) is 0 Å². The van der Waals surface area contributed by atoms with Gasteiger partial charge in [0.2, 0.25) is 0 Å². The molecule has 1 atom stereocenters. The lowest BCUT2D eigenvalue weighted by atomic mass is 9.98. The van der Waals surface area contributed by atoms with E-state index in [0.29, 0.717) is 12.1 Å². The van der Waals surface area contributed by atoms with E-state index in [9.17, 15) is 8.78 Å². The lowest BCUT2D eigenvalue weighted by Gasteiger charge is -2.09. The van der Waals surface area contributed by atoms with Gasteiger partial charge < -0.3 is 4.74 Å². The molecule has 0 amide bonds. The first-order valence-electron chi connectivity index (χ1n) is 10.5. The van der Waals surface area contributed by atoms with Crippen molar-refractivity contribution in [1.82, 2.24) is 0 Å². The standard InChI is InChI=1S/C27H21F2NOS/c1-31-26-16-15-25(32-26)20-11-7-18(8-12-20)17-5-9-19(10-6-17)23-13-14-24(30-23)27-21(28)3-2-4-22(27)29/h2-12,15-16,23H,13-14H2,1H3. The molecule has 1 aliphatic heterocycles. The van der Waals surface area contributed by atoms with Crippen LogP contribution in [0.15, 0.2) is 83.9 Å². The molecule has 5 rings (SSSR count). The molecule has 1 aromatic heterocycles. The zero-order valence-electron chi connectivity index (χ0n) is 17.5. The zero-order valence-corrected chi connectivity index (χ0v) is 18.3. The molecule has 0 fully saturated rings. The smallest absolute Gasteiger partial charge is 0.173 e. The maximum atomic E-state index is 14.1. The van der Waals surface area contributed by atoms with Crippen molar-refractivity contribution in [2.45, 2.75) is 18.9 Å². The Hall–Kier alpha value is -3.31. The molecule has 0 radical (unpaired) electrons. The molecule has 0 saturated heterocycles. The van der Waals surface area contributed by atoms with Gasteiger partial charge in [-0.05, 0) is 59.4 Å². The number of nitrogens with zero attached hydrogens (tertiary/aromatic N) is 1. The molecule has 0 aliphatic carbocycles. The molecular weight excluding hydrogens is 424 g/mol. The summed E-state index contributed by atoms with van der Waals surface area (Å²) >= 11 is 1.62. The first kappa shape index (κ1) is 20.6. The Morgan fingerprint density at radius 1 is 0.812 bits per heavy atom. The Morgan fingerprint density at radius 3 is 2.06 bits per heavy atom. The minimum absolute atomic E-state index is 0.00932. The molecule has 1 unspecified atom stereocenters. The van der Waals surface area contributed by atoms with E-state index in [1.165, 1.54) is 23.1 Å². The molecule has 32 heavy (non-hydrogen) atoms. The molecule has 2 nitrogen and oxygen atoms in total. The number of aliphatic imine (C=N–C) groups is 1. The van der Waals surface area contributed by atoms with Crippen LogP contribution in [0.5, 0.6) is 5.06 Å². The number of ether oxygens (including phenoxy) is 1. The van der Waals surface area contributed by atoms with Gasteiger partial charge in [0.1, 0.15) is 11.6 Å². The highest BCUT2D eigenvalue weighted by Gasteiger charge is 2.24. The average molecular weight is 446 g/mol. The minimum Gasteiger partial charge on any atom is -0.487 e. The van der Waals surface area contributed by atoms with Crippen LogP contribution < -0.4 is 4.74 Å². The second-order valence-corrected chi connectivity index (χ2v) is 8.80. The van der Waals surface area contributed by atoms with Gasteiger partial charge in [-0.2, -0.15) is 0 Å². The third-order valence-corrected chi connectivity index (χ3v) is 6.89. The fourth-order valence-electron chi connectivity index (χ4n) is 4.10. The van der Waals surface area contributed by atoms with Gasteiger partial charge in [0.15, 0.2) is 5.06 Å². The summed E-state index contributed by atoms with van der Waals surface area (Å²) in [5.41, 5.74) is 4.99. The van der Waals surface area contributed by atoms with Crippen LogP contribution in [-0.2, 0) is 0 Å². The molecule has 3 aromatic carbocycles. The Kier molecular flexibility index (Phi) is 5.58. The SMILES string of the molecule is COc1ccc(-c2ccc(-c3ccc(C4CCC(c5c(F)cccc5F)=N4)cc3)cc2)s1. The maximum absolute atomic E-state index is 14.1. The molecule has 2 heterocycles. The van der Waals surface area contributed by atoms with E-state index >= 15 is 0 Å². The van der Waals surface area contributed by atoms with Gasteiger partial charge in [-0.15, -0.1) is 0 Å². The van der Waals surface area contributed by atoms with Crippen molar-refractivity contribution in [1.29, 1.82) is 0 Å². The molecule has 1 aliphatic rings. The van der Waals surface area contributed by atoms with Crippen LogP contribution in [0.2, 0.25) is 0 Å². The summed E-state index contributed by atoms with van der Waals surface area (Å²) in [6, 6.07) is 24.6. The largest absolute Gasteiger partial charge is 0.487 e. The van der Waals surface area contributed by atoms with Gasteiger partial charge in [0, 0.05) is 10.6 Å². The van der Waals surface area contributed by atoms with Crippen molar-refractivity contribution in [2.24, 2.45) is 4.99 Å². The molecule has 0 N–H and O–H groups in total. The summed E-state index contributed by atoms with van der Waals surface area (Å²) in [5, 5.41) is 0.898. The van der Waals surface area contributed by atoms with Crippen molar-refractivity contribution in [3.8, 4) is 26.6 Å². The van der Waals surface area contributed by atoms with Gasteiger partial charge in [-0.3, -0.25) is 4.99 Å². The second kappa shape index (κ2) is 8.67. The first-order valence-corrected chi connectivity index (χ1v) is 11.3. The monoisotopic (exact) mass is 445 g/mol. The van der Waals surface area contributed by atoms with Crippen LogP contribution in [0.4, 0.5) is 8.78 Å². The number of rotatable bonds is 5. The van der Waals surface area contributed by atoms with Crippen LogP contribution in [-0.4, -0.2) is 12.8 Å². The Bertz CT molecular complexity index is 1260. The van der Waals surface area contributed by atoms with E-state index in [-0.39, 0.29) is 11.6 Å². The van der Waals surface area contributed by atoms with E-state index in [0.717, 1.165) is 33.7 Å². The molecule has 4 aromatic rings. The van der Waals surface area contributed by atoms with Crippen LogP contribution >= 0.6 is 11.3 Å². The summed E-state index contributed by atoms with van der Waals surface area (Å²) in [6.07, 6.45) is 1.32. The van der Waals surface area contributed by atoms with Crippen LogP contribution in [0, 0.1) is 11.6 Å². The quantitative estimate of drug-likeness (QED) is 0.308. The molecule has 160 valence electrons. The van der Waals surface area contributed by atoms with Crippen LogP contribution in [0.1, 0.15) is 30.0 Å². The van der Waals surface area contributed by atoms with Crippen molar-refractivity contribution in [3.63, 3.8) is 0 Å². The van der Waals surface area contributed by atoms with Gasteiger partial charge in [0.05, 0.1) is 18.7 Å². The van der Waals surface area contributed by atoms with Crippen LogP contribution in [0.25, 0.3) is 21.6 Å². The summed E-state index contributed by atoms with van der Waals surface area (Å²) in [4.78, 5) is 5.81. The van der Waals surface area contributed by atoms with Crippen molar-refractivity contribution < 1.29 is 13.5 Å². The summed E-state index contributed by atoms with van der Waals surface area (Å²) < 4.78 is 33.5. The fourth-order valence-corrected chi connectivity index (χ4v) is 4.93. The molecule has 0 bridgehead atoms. The summed E-state index contributed by atoms with van der Waals surface area (Å²) in [5.74, 6) is -1.10. The summed E-state index contributed by atoms with van der Waals surface area (Å²) in [7, 11) is 1.68. The number of hydrogen-bond donors (Lipinski definition) is 0. The number of halogens is 2. The van der Waals surface area contributed by atoms with E-state index in [2.05, 4.69) is 59.6 Å². The first-order chi connectivity index (χ1) is 15.6. The second-order valence-electron chi connectivity index (χ2n) is 7.75. The van der Waals surface area contributed by atoms with E-state index in [4.69, 9.17) is 4.74 Å². The number of thiophene rings is 1. The van der Waals surface area contributed by atoms with Crippen molar-refractivity contribution in [3.05, 3.63) is 102 Å². The minimum atomic E-state index is -0.552. The predicted molar refractivity (Wildman–Crippen MR) is 127 cm³/mol. The van der Waals surface area contributed by atoms with Gasteiger partial charge in [-0.1, -0.05) is 65.9 Å². The zero-order chi connectivity index (χ0) is 22.1.